The summed E-state index contributed by atoms with van der Waals surface area (Å²) in [6.45, 7) is 4.60. The Bertz CT molecular complexity index is 413. The molecule has 0 heterocycles. The SMILES string of the molecule is CCC(C)C(N)C(=O)NCCc1ccccc1OC.Cl. The molecule has 1 rings (SSSR count). The molecule has 0 aliphatic carbocycles. The summed E-state index contributed by atoms with van der Waals surface area (Å²) in [5.41, 5.74) is 6.96. The van der Waals surface area contributed by atoms with E-state index in [0.717, 1.165) is 24.2 Å². The van der Waals surface area contributed by atoms with E-state index >= 15 is 0 Å². The van der Waals surface area contributed by atoms with E-state index in [1.165, 1.54) is 0 Å². The quantitative estimate of drug-likeness (QED) is 0.811. The van der Waals surface area contributed by atoms with Crippen LogP contribution in [0.5, 0.6) is 5.75 Å². The van der Waals surface area contributed by atoms with E-state index in [1.807, 2.05) is 38.1 Å². The number of para-hydroxylation sites is 1. The number of nitrogens with one attached hydrogen (secondary N) is 1. The number of methoxy groups -OCH3 is 1. The summed E-state index contributed by atoms with van der Waals surface area (Å²) in [5, 5.41) is 2.88. The van der Waals surface area contributed by atoms with Gasteiger partial charge in [-0.25, -0.2) is 0 Å². The highest BCUT2D eigenvalue weighted by Crippen LogP contribution is 2.17. The topological polar surface area (TPSA) is 64.4 Å². The highest BCUT2D eigenvalue weighted by atomic mass is 35.5. The van der Waals surface area contributed by atoms with Crippen LogP contribution >= 0.6 is 12.4 Å². The van der Waals surface area contributed by atoms with Gasteiger partial charge in [-0.05, 0) is 24.0 Å². The fourth-order valence-corrected chi connectivity index (χ4v) is 1.86. The Morgan fingerprint density at radius 1 is 1.40 bits per heavy atom. The van der Waals surface area contributed by atoms with E-state index < -0.39 is 6.04 Å². The smallest absolute Gasteiger partial charge is 0.237 e. The van der Waals surface area contributed by atoms with Crippen molar-refractivity contribution in [2.45, 2.75) is 32.7 Å². The average molecular weight is 301 g/mol. The first-order valence-electron chi connectivity index (χ1n) is 6.75. The van der Waals surface area contributed by atoms with Crippen LogP contribution in [0, 0.1) is 5.92 Å². The van der Waals surface area contributed by atoms with Gasteiger partial charge in [0.05, 0.1) is 13.2 Å². The van der Waals surface area contributed by atoms with Gasteiger partial charge in [0.25, 0.3) is 0 Å². The van der Waals surface area contributed by atoms with Crippen molar-refractivity contribution in [3.63, 3.8) is 0 Å². The van der Waals surface area contributed by atoms with Gasteiger partial charge in [0.2, 0.25) is 5.91 Å². The molecule has 2 unspecified atom stereocenters. The molecule has 0 spiro atoms. The maximum atomic E-state index is 11.8. The third-order valence-electron chi connectivity index (χ3n) is 3.45. The summed E-state index contributed by atoms with van der Waals surface area (Å²) in [5.74, 6) is 0.971. The van der Waals surface area contributed by atoms with Crippen LogP contribution in [0.3, 0.4) is 0 Å². The number of rotatable bonds is 7. The van der Waals surface area contributed by atoms with Crippen LogP contribution in [-0.4, -0.2) is 25.6 Å². The second-order valence-corrected chi connectivity index (χ2v) is 4.76. The molecule has 0 radical (unpaired) electrons. The largest absolute Gasteiger partial charge is 0.496 e. The lowest BCUT2D eigenvalue weighted by molar-refractivity contribution is -0.123. The summed E-state index contributed by atoms with van der Waals surface area (Å²) in [7, 11) is 1.65. The van der Waals surface area contributed by atoms with Crippen molar-refractivity contribution in [1.29, 1.82) is 0 Å². The molecule has 0 aliphatic rings. The first kappa shape index (κ1) is 18.7. The Morgan fingerprint density at radius 2 is 2.05 bits per heavy atom. The second kappa shape index (κ2) is 9.61. The molecule has 1 aromatic carbocycles. The molecule has 0 bridgehead atoms. The fraction of sp³-hybridized carbons (Fsp3) is 0.533. The zero-order valence-electron chi connectivity index (χ0n) is 12.4. The van der Waals surface area contributed by atoms with Gasteiger partial charge in [0.1, 0.15) is 5.75 Å². The van der Waals surface area contributed by atoms with Crippen molar-refractivity contribution in [2.75, 3.05) is 13.7 Å². The molecule has 0 aliphatic heterocycles. The van der Waals surface area contributed by atoms with Gasteiger partial charge >= 0.3 is 0 Å². The lowest BCUT2D eigenvalue weighted by atomic mass is 9.99. The summed E-state index contributed by atoms with van der Waals surface area (Å²) in [6.07, 6.45) is 1.64. The lowest BCUT2D eigenvalue weighted by Gasteiger charge is -2.17. The van der Waals surface area contributed by atoms with Crippen molar-refractivity contribution in [3.05, 3.63) is 29.8 Å². The first-order chi connectivity index (χ1) is 9.10. The zero-order chi connectivity index (χ0) is 14.3. The minimum absolute atomic E-state index is 0. The van der Waals surface area contributed by atoms with Crippen LogP contribution in [-0.2, 0) is 11.2 Å². The van der Waals surface area contributed by atoms with Crippen molar-refractivity contribution >= 4 is 18.3 Å². The van der Waals surface area contributed by atoms with Gasteiger partial charge in [0, 0.05) is 6.54 Å². The molecule has 1 amide bonds. The maximum absolute atomic E-state index is 11.8. The number of ether oxygens (including phenoxy) is 1. The van der Waals surface area contributed by atoms with Crippen LogP contribution in [0.15, 0.2) is 24.3 Å². The number of halogens is 1. The fourth-order valence-electron chi connectivity index (χ4n) is 1.86. The van der Waals surface area contributed by atoms with Gasteiger partial charge < -0.3 is 15.8 Å². The third kappa shape index (κ3) is 5.39. The van der Waals surface area contributed by atoms with E-state index in [1.54, 1.807) is 7.11 Å². The number of hydrogen-bond acceptors (Lipinski definition) is 3. The Morgan fingerprint density at radius 3 is 2.65 bits per heavy atom. The molecule has 4 nitrogen and oxygen atoms in total. The normalized spacial score (nSPS) is 13.0. The molecule has 20 heavy (non-hydrogen) atoms. The summed E-state index contributed by atoms with van der Waals surface area (Å²) >= 11 is 0. The molecular formula is C15H25ClN2O2. The van der Waals surface area contributed by atoms with Crippen LogP contribution in [0.2, 0.25) is 0 Å². The molecule has 0 saturated heterocycles. The Hall–Kier alpha value is -1.26. The summed E-state index contributed by atoms with van der Waals surface area (Å²) in [6, 6.07) is 7.38. The molecule has 1 aromatic rings. The number of hydrogen-bond donors (Lipinski definition) is 2. The minimum Gasteiger partial charge on any atom is -0.496 e. The van der Waals surface area contributed by atoms with Crippen LogP contribution in [0.25, 0.3) is 0 Å². The monoisotopic (exact) mass is 300 g/mol. The lowest BCUT2D eigenvalue weighted by Crippen LogP contribution is -2.45. The predicted octanol–water partition coefficient (Wildman–Crippen LogP) is 2.15. The standard InChI is InChI=1S/C15H24N2O2.ClH/c1-4-11(2)14(16)15(18)17-10-9-12-7-5-6-8-13(12)19-3;/h5-8,11,14H,4,9-10,16H2,1-3H3,(H,17,18);1H. The van der Waals surface area contributed by atoms with Gasteiger partial charge in [-0.2, -0.15) is 0 Å². The summed E-state index contributed by atoms with van der Waals surface area (Å²) in [4.78, 5) is 11.8. The average Bonchev–Trinajstić information content (AvgIpc) is 2.45. The Balaban J connectivity index is 0.00000361. The highest BCUT2D eigenvalue weighted by Gasteiger charge is 2.18. The van der Waals surface area contributed by atoms with Gasteiger partial charge in [-0.1, -0.05) is 38.5 Å². The van der Waals surface area contributed by atoms with E-state index in [2.05, 4.69) is 5.32 Å². The van der Waals surface area contributed by atoms with Gasteiger partial charge in [-0.15, -0.1) is 12.4 Å². The van der Waals surface area contributed by atoms with E-state index in [9.17, 15) is 4.79 Å². The van der Waals surface area contributed by atoms with Gasteiger partial charge in [0.15, 0.2) is 0 Å². The van der Waals surface area contributed by atoms with Crippen LogP contribution < -0.4 is 15.8 Å². The van der Waals surface area contributed by atoms with E-state index in [0.29, 0.717) is 6.54 Å². The van der Waals surface area contributed by atoms with Crippen LogP contribution in [0.4, 0.5) is 0 Å². The third-order valence-corrected chi connectivity index (χ3v) is 3.45. The minimum atomic E-state index is -0.428. The number of amides is 1. The van der Waals surface area contributed by atoms with E-state index in [-0.39, 0.29) is 24.2 Å². The number of carbonyl (C=O) groups excluding carboxylic acids is 1. The summed E-state index contributed by atoms with van der Waals surface area (Å²) < 4.78 is 5.27. The molecule has 0 saturated carbocycles. The van der Waals surface area contributed by atoms with E-state index in [4.69, 9.17) is 10.5 Å². The molecular weight excluding hydrogens is 276 g/mol. The van der Waals surface area contributed by atoms with Crippen molar-refractivity contribution < 1.29 is 9.53 Å². The molecule has 0 aromatic heterocycles. The van der Waals surface area contributed by atoms with Crippen molar-refractivity contribution in [1.82, 2.24) is 5.32 Å². The molecule has 114 valence electrons. The Labute approximate surface area is 127 Å². The Kier molecular flexibility index (Phi) is 9.01. The molecule has 5 heteroatoms. The maximum Gasteiger partial charge on any atom is 0.237 e. The van der Waals surface area contributed by atoms with Crippen molar-refractivity contribution in [2.24, 2.45) is 11.7 Å². The highest BCUT2D eigenvalue weighted by molar-refractivity contribution is 5.85. The number of nitrogens with two attached hydrogens (primary N) is 1. The first-order valence-corrected chi connectivity index (χ1v) is 6.75. The van der Waals surface area contributed by atoms with Gasteiger partial charge in [-0.3, -0.25) is 4.79 Å². The second-order valence-electron chi connectivity index (χ2n) is 4.76. The van der Waals surface area contributed by atoms with Crippen LogP contribution in [0.1, 0.15) is 25.8 Å². The molecule has 2 atom stereocenters. The number of benzene rings is 1. The zero-order valence-corrected chi connectivity index (χ0v) is 13.2. The number of carbonyl (C=O) groups is 1. The van der Waals surface area contributed by atoms with Crippen molar-refractivity contribution in [3.8, 4) is 5.75 Å². The molecule has 3 N–H and O–H groups in total. The predicted molar refractivity (Wildman–Crippen MR) is 84.4 cm³/mol. The molecule has 0 fully saturated rings.